The van der Waals surface area contributed by atoms with Crippen molar-refractivity contribution in [2.24, 2.45) is 5.92 Å². The molecule has 1 N–H and O–H groups in total. The average molecular weight is 497 g/mol. The molecule has 5 rings (SSSR count). The highest BCUT2D eigenvalue weighted by molar-refractivity contribution is 7.89. The van der Waals surface area contributed by atoms with Crippen LogP contribution in [0, 0.1) is 5.92 Å². The van der Waals surface area contributed by atoms with Crippen molar-refractivity contribution < 1.29 is 22.5 Å². The molecule has 1 amide bonds. The zero-order valence-corrected chi connectivity index (χ0v) is 20.3. The summed E-state index contributed by atoms with van der Waals surface area (Å²) < 4.78 is 38.4. The Morgan fingerprint density at radius 3 is 2.49 bits per heavy atom. The summed E-state index contributed by atoms with van der Waals surface area (Å²) >= 11 is 0. The SMILES string of the molecule is COc1ccccc1CNC(=O)C1CCN(S(=O)(=O)c2ccc(-c3noc(C4CC4)n3)cc2)CC1. The normalized spacial score (nSPS) is 17.3. The van der Waals surface area contributed by atoms with E-state index in [1.54, 1.807) is 31.4 Å². The van der Waals surface area contributed by atoms with Crippen LogP contribution < -0.4 is 10.1 Å². The van der Waals surface area contributed by atoms with Crippen molar-refractivity contribution in [2.75, 3.05) is 20.2 Å². The molecule has 0 bridgehead atoms. The molecular weight excluding hydrogens is 468 g/mol. The van der Waals surface area contributed by atoms with Crippen LogP contribution in [0.2, 0.25) is 0 Å². The number of hydrogen-bond donors (Lipinski definition) is 1. The molecular formula is C25H28N4O5S. The van der Waals surface area contributed by atoms with Crippen molar-refractivity contribution in [2.45, 2.75) is 43.0 Å². The number of nitrogens with one attached hydrogen (secondary N) is 1. The number of amides is 1. The van der Waals surface area contributed by atoms with Crippen molar-refractivity contribution in [3.63, 3.8) is 0 Å². The summed E-state index contributed by atoms with van der Waals surface area (Å²) in [6.45, 7) is 0.967. The van der Waals surface area contributed by atoms with E-state index in [-0.39, 0.29) is 16.7 Å². The lowest BCUT2D eigenvalue weighted by Crippen LogP contribution is -2.42. The van der Waals surface area contributed by atoms with Crippen molar-refractivity contribution in [3.05, 3.63) is 60.0 Å². The van der Waals surface area contributed by atoms with Gasteiger partial charge in [-0.2, -0.15) is 9.29 Å². The first-order chi connectivity index (χ1) is 17.0. The highest BCUT2D eigenvalue weighted by Gasteiger charge is 2.32. The van der Waals surface area contributed by atoms with E-state index in [1.807, 2.05) is 24.3 Å². The lowest BCUT2D eigenvalue weighted by atomic mass is 9.97. The maximum absolute atomic E-state index is 13.2. The second kappa shape index (κ2) is 9.79. The number of carbonyl (C=O) groups excluding carboxylic acids is 1. The Hall–Kier alpha value is -3.24. The van der Waals surface area contributed by atoms with Gasteiger partial charge in [-0.1, -0.05) is 23.4 Å². The predicted octanol–water partition coefficient (Wildman–Crippen LogP) is 3.34. The van der Waals surface area contributed by atoms with Crippen LogP contribution in [0.5, 0.6) is 5.75 Å². The van der Waals surface area contributed by atoms with Crippen LogP contribution in [0.4, 0.5) is 0 Å². The molecule has 1 aromatic heterocycles. The average Bonchev–Trinajstić information content (AvgIpc) is 3.63. The highest BCUT2D eigenvalue weighted by Crippen LogP contribution is 2.39. The molecule has 184 valence electrons. The molecule has 0 radical (unpaired) electrons. The first-order valence-electron chi connectivity index (χ1n) is 11.8. The van der Waals surface area contributed by atoms with Crippen LogP contribution in [-0.2, 0) is 21.4 Å². The number of piperidine rings is 1. The summed E-state index contributed by atoms with van der Waals surface area (Å²) in [7, 11) is -2.05. The smallest absolute Gasteiger partial charge is 0.243 e. The van der Waals surface area contributed by atoms with Gasteiger partial charge >= 0.3 is 0 Å². The third-order valence-corrected chi connectivity index (χ3v) is 8.50. The largest absolute Gasteiger partial charge is 0.496 e. The van der Waals surface area contributed by atoms with Crippen molar-refractivity contribution >= 4 is 15.9 Å². The summed E-state index contributed by atoms with van der Waals surface area (Å²) in [6.07, 6.45) is 3.08. The Kier molecular flexibility index (Phi) is 6.57. The van der Waals surface area contributed by atoms with E-state index in [1.165, 1.54) is 4.31 Å². The fraction of sp³-hybridized carbons (Fsp3) is 0.400. The minimum Gasteiger partial charge on any atom is -0.496 e. The second-order valence-corrected chi connectivity index (χ2v) is 10.9. The zero-order valence-electron chi connectivity index (χ0n) is 19.5. The number of benzene rings is 2. The zero-order chi connectivity index (χ0) is 24.4. The van der Waals surface area contributed by atoms with Crippen molar-refractivity contribution in [1.29, 1.82) is 0 Å². The standard InChI is InChI=1S/C25H28N4O5S/c1-33-22-5-3-2-4-20(22)16-26-24(30)18-12-14-29(15-13-18)35(31,32)21-10-8-17(9-11-21)23-27-25(34-28-23)19-6-7-19/h2-5,8-11,18-19H,6-7,12-16H2,1H3,(H,26,30). The minimum absolute atomic E-state index is 0.0667. The number of methoxy groups -OCH3 is 1. The first-order valence-corrected chi connectivity index (χ1v) is 13.2. The molecule has 1 aliphatic heterocycles. The van der Waals surface area contributed by atoms with Gasteiger partial charge in [0.15, 0.2) is 0 Å². The van der Waals surface area contributed by atoms with E-state index in [9.17, 15) is 13.2 Å². The number of ether oxygens (including phenoxy) is 1. The lowest BCUT2D eigenvalue weighted by molar-refractivity contribution is -0.126. The summed E-state index contributed by atoms with van der Waals surface area (Å²) in [6, 6.07) is 14.1. The van der Waals surface area contributed by atoms with Crippen LogP contribution in [0.15, 0.2) is 57.9 Å². The molecule has 35 heavy (non-hydrogen) atoms. The molecule has 2 fully saturated rings. The van der Waals surface area contributed by atoms with Crippen molar-refractivity contribution in [3.8, 4) is 17.1 Å². The fourth-order valence-electron chi connectivity index (χ4n) is 4.31. The summed E-state index contributed by atoms with van der Waals surface area (Å²) in [5.74, 6) is 1.91. The number of para-hydroxylation sites is 1. The summed E-state index contributed by atoms with van der Waals surface area (Å²) in [5, 5.41) is 6.96. The molecule has 10 heteroatoms. The van der Waals surface area contributed by atoms with Gasteiger partial charge in [-0.3, -0.25) is 4.79 Å². The molecule has 0 atom stereocenters. The Labute approximate surface area is 204 Å². The first kappa shape index (κ1) is 23.5. The second-order valence-electron chi connectivity index (χ2n) is 8.96. The van der Waals surface area contributed by atoms with Crippen molar-refractivity contribution in [1.82, 2.24) is 19.8 Å². The van der Waals surface area contributed by atoms with Crippen LogP contribution in [0.1, 0.15) is 43.1 Å². The third-order valence-electron chi connectivity index (χ3n) is 6.59. The van der Waals surface area contributed by atoms with Crippen LogP contribution in [0.3, 0.4) is 0 Å². The lowest BCUT2D eigenvalue weighted by Gasteiger charge is -2.30. The Morgan fingerprint density at radius 2 is 1.80 bits per heavy atom. The van der Waals surface area contributed by atoms with E-state index in [4.69, 9.17) is 9.26 Å². The van der Waals surface area contributed by atoms with Gasteiger partial charge in [-0.05, 0) is 56.0 Å². The molecule has 1 aliphatic carbocycles. The molecule has 3 aromatic rings. The monoisotopic (exact) mass is 496 g/mol. The van der Waals surface area contributed by atoms with Gasteiger partial charge in [0.2, 0.25) is 27.6 Å². The van der Waals surface area contributed by atoms with E-state index in [0.717, 1.165) is 24.2 Å². The molecule has 1 saturated heterocycles. The van der Waals surface area contributed by atoms with E-state index in [2.05, 4.69) is 15.5 Å². The Bertz CT molecular complexity index is 1290. The van der Waals surface area contributed by atoms with Gasteiger partial charge in [0.1, 0.15) is 5.75 Å². The van der Waals surface area contributed by atoms with Crippen LogP contribution in [-0.4, -0.2) is 49.0 Å². The number of nitrogens with zero attached hydrogens (tertiary/aromatic N) is 3. The maximum Gasteiger partial charge on any atom is 0.243 e. The molecule has 2 heterocycles. The Morgan fingerprint density at radius 1 is 1.09 bits per heavy atom. The van der Waals surface area contributed by atoms with Gasteiger partial charge in [-0.15, -0.1) is 0 Å². The number of carbonyl (C=O) groups is 1. The summed E-state index contributed by atoms with van der Waals surface area (Å²) in [4.78, 5) is 17.3. The molecule has 0 unspecified atom stereocenters. The number of hydrogen-bond acceptors (Lipinski definition) is 7. The minimum atomic E-state index is -3.65. The number of rotatable bonds is 8. The highest BCUT2D eigenvalue weighted by atomic mass is 32.2. The van der Waals surface area contributed by atoms with E-state index in [0.29, 0.717) is 55.7 Å². The molecule has 2 aliphatic rings. The molecule has 2 aromatic carbocycles. The maximum atomic E-state index is 13.2. The number of aromatic nitrogens is 2. The summed E-state index contributed by atoms with van der Waals surface area (Å²) in [5.41, 5.74) is 1.61. The predicted molar refractivity (Wildman–Crippen MR) is 128 cm³/mol. The van der Waals surface area contributed by atoms with Crippen LogP contribution in [0.25, 0.3) is 11.4 Å². The number of sulfonamides is 1. The molecule has 0 spiro atoms. The molecule has 1 saturated carbocycles. The van der Waals surface area contributed by atoms with Gasteiger partial charge in [0.05, 0.1) is 12.0 Å². The van der Waals surface area contributed by atoms with Gasteiger partial charge < -0.3 is 14.6 Å². The van der Waals surface area contributed by atoms with E-state index < -0.39 is 10.0 Å². The van der Waals surface area contributed by atoms with E-state index >= 15 is 0 Å². The topological polar surface area (TPSA) is 115 Å². The third kappa shape index (κ3) is 5.08. The van der Waals surface area contributed by atoms with Crippen LogP contribution >= 0.6 is 0 Å². The quantitative estimate of drug-likeness (QED) is 0.509. The fourth-order valence-corrected chi connectivity index (χ4v) is 5.78. The van der Waals surface area contributed by atoms with Gasteiger partial charge in [0, 0.05) is 42.6 Å². The molecule has 9 nitrogen and oxygen atoms in total. The van der Waals surface area contributed by atoms with Gasteiger partial charge in [0.25, 0.3) is 0 Å². The Balaban J connectivity index is 1.17. The van der Waals surface area contributed by atoms with Gasteiger partial charge in [-0.25, -0.2) is 8.42 Å².